The van der Waals surface area contributed by atoms with Crippen LogP contribution in [0.1, 0.15) is 41.1 Å². The van der Waals surface area contributed by atoms with Gasteiger partial charge in [-0.2, -0.15) is 0 Å². The van der Waals surface area contributed by atoms with Crippen molar-refractivity contribution in [1.29, 1.82) is 0 Å². The molecule has 1 amide bonds. The number of hydrogen-bond donors (Lipinski definition) is 0. The van der Waals surface area contributed by atoms with Crippen LogP contribution in [0.2, 0.25) is 0 Å². The van der Waals surface area contributed by atoms with Crippen LogP contribution < -0.4 is 9.47 Å². The molecule has 1 saturated heterocycles. The van der Waals surface area contributed by atoms with Gasteiger partial charge >= 0.3 is 5.97 Å². The maximum atomic E-state index is 12.8. The zero-order valence-corrected chi connectivity index (χ0v) is 16.3. The van der Waals surface area contributed by atoms with Crippen LogP contribution >= 0.6 is 0 Å². The topological polar surface area (TPSA) is 91.1 Å². The van der Waals surface area contributed by atoms with E-state index in [1.54, 1.807) is 7.11 Å². The summed E-state index contributed by atoms with van der Waals surface area (Å²) in [6.45, 7) is 2.54. The summed E-state index contributed by atoms with van der Waals surface area (Å²) >= 11 is 0. The first-order valence-corrected chi connectivity index (χ1v) is 9.15. The van der Waals surface area contributed by atoms with Crippen molar-refractivity contribution in [2.24, 2.45) is 0 Å². The highest BCUT2D eigenvalue weighted by molar-refractivity contribution is 5.95. The Labute approximate surface area is 163 Å². The Bertz CT molecular complexity index is 847. The highest BCUT2D eigenvalue weighted by Gasteiger charge is 2.34. The molecule has 0 radical (unpaired) electrons. The van der Waals surface area contributed by atoms with Gasteiger partial charge in [0.25, 0.3) is 5.91 Å². The van der Waals surface area contributed by atoms with E-state index in [0.29, 0.717) is 30.2 Å². The number of rotatable bonds is 6. The zero-order chi connectivity index (χ0) is 20.1. The van der Waals surface area contributed by atoms with Crippen LogP contribution in [0.4, 0.5) is 0 Å². The first-order chi connectivity index (χ1) is 13.5. The molecule has 3 rings (SSSR count). The second-order valence-electron chi connectivity index (χ2n) is 6.65. The van der Waals surface area contributed by atoms with E-state index in [1.807, 2.05) is 25.1 Å². The molecule has 0 spiro atoms. The Morgan fingerprint density at radius 1 is 1.21 bits per heavy atom. The van der Waals surface area contributed by atoms with Crippen LogP contribution in [0.3, 0.4) is 0 Å². The number of likely N-dealkylation sites (tertiary alicyclic amines) is 1. The normalized spacial score (nSPS) is 16.5. The van der Waals surface area contributed by atoms with Crippen molar-refractivity contribution in [2.75, 3.05) is 20.8 Å². The van der Waals surface area contributed by atoms with Gasteiger partial charge in [-0.1, -0.05) is 11.2 Å². The predicted octanol–water partition coefficient (Wildman–Crippen LogP) is 2.74. The summed E-state index contributed by atoms with van der Waals surface area (Å²) in [5.41, 5.74) is 1.20. The Kier molecular flexibility index (Phi) is 6.18. The van der Waals surface area contributed by atoms with E-state index in [4.69, 9.17) is 18.7 Å². The number of piperidine rings is 1. The number of carbonyl (C=O) groups is 2. The molecule has 2 aromatic rings. The summed E-state index contributed by atoms with van der Waals surface area (Å²) < 4.78 is 21.1. The maximum Gasteiger partial charge on any atom is 0.328 e. The van der Waals surface area contributed by atoms with E-state index >= 15 is 0 Å². The summed E-state index contributed by atoms with van der Waals surface area (Å²) in [6.07, 6.45) is 2.29. The number of aromatic nitrogens is 1. The van der Waals surface area contributed by atoms with Gasteiger partial charge in [0, 0.05) is 12.6 Å². The molecule has 1 atom stereocenters. The molecule has 1 fully saturated rings. The Morgan fingerprint density at radius 3 is 2.79 bits per heavy atom. The lowest BCUT2D eigenvalue weighted by atomic mass is 10.0. The molecule has 1 aliphatic heterocycles. The minimum atomic E-state index is -0.584. The van der Waals surface area contributed by atoms with Gasteiger partial charge in [0.1, 0.15) is 12.6 Å². The lowest BCUT2D eigenvalue weighted by Gasteiger charge is -2.33. The Hall–Kier alpha value is -3.03. The number of amides is 1. The molecular weight excluding hydrogens is 364 g/mol. The molecule has 1 unspecified atom stereocenters. The first-order valence-electron chi connectivity index (χ1n) is 9.15. The Balaban J connectivity index is 1.68. The van der Waals surface area contributed by atoms with Crippen LogP contribution in [0.5, 0.6) is 11.5 Å². The molecular formula is C20H24N2O6. The van der Waals surface area contributed by atoms with Crippen LogP contribution in [-0.4, -0.2) is 48.7 Å². The molecule has 1 aromatic carbocycles. The minimum Gasteiger partial charge on any atom is -0.493 e. The van der Waals surface area contributed by atoms with Gasteiger partial charge in [0.15, 0.2) is 23.0 Å². The van der Waals surface area contributed by atoms with Crippen molar-refractivity contribution in [3.05, 3.63) is 41.3 Å². The highest BCUT2D eigenvalue weighted by Crippen LogP contribution is 2.28. The first kappa shape index (κ1) is 19.7. The largest absolute Gasteiger partial charge is 0.493 e. The summed E-state index contributed by atoms with van der Waals surface area (Å²) in [4.78, 5) is 26.3. The number of hydrogen-bond acceptors (Lipinski definition) is 7. The molecule has 0 saturated carbocycles. The number of esters is 1. The fourth-order valence-corrected chi connectivity index (χ4v) is 3.23. The number of ether oxygens (including phenoxy) is 3. The molecule has 150 valence electrons. The van der Waals surface area contributed by atoms with E-state index in [-0.39, 0.29) is 18.2 Å². The van der Waals surface area contributed by atoms with Gasteiger partial charge in [0.2, 0.25) is 0 Å². The van der Waals surface area contributed by atoms with Gasteiger partial charge in [-0.15, -0.1) is 0 Å². The molecule has 1 aromatic heterocycles. The van der Waals surface area contributed by atoms with Crippen molar-refractivity contribution >= 4 is 11.9 Å². The quantitative estimate of drug-likeness (QED) is 0.703. The second-order valence-corrected chi connectivity index (χ2v) is 6.65. The van der Waals surface area contributed by atoms with Crippen molar-refractivity contribution in [3.8, 4) is 11.5 Å². The zero-order valence-electron chi connectivity index (χ0n) is 16.3. The molecule has 0 aliphatic carbocycles. The van der Waals surface area contributed by atoms with E-state index < -0.39 is 12.0 Å². The highest BCUT2D eigenvalue weighted by atomic mass is 16.5. The number of aryl methyl sites for hydroxylation is 1. The summed E-state index contributed by atoms with van der Waals surface area (Å²) in [6, 6.07) is 6.54. The van der Waals surface area contributed by atoms with Crippen molar-refractivity contribution < 1.29 is 28.3 Å². The lowest BCUT2D eigenvalue weighted by Crippen LogP contribution is -2.48. The van der Waals surface area contributed by atoms with Crippen LogP contribution in [0.15, 0.2) is 28.8 Å². The number of nitrogens with zero attached hydrogens (tertiary/aromatic N) is 2. The summed E-state index contributed by atoms with van der Waals surface area (Å²) in [5, 5.41) is 3.85. The average Bonchev–Trinajstić information content (AvgIpc) is 3.20. The Morgan fingerprint density at radius 2 is 2.04 bits per heavy atom. The minimum absolute atomic E-state index is 0.0974. The molecule has 0 N–H and O–H groups in total. The van der Waals surface area contributed by atoms with E-state index in [1.165, 1.54) is 18.1 Å². The molecule has 1 aliphatic rings. The van der Waals surface area contributed by atoms with Crippen LogP contribution in [0, 0.1) is 6.92 Å². The van der Waals surface area contributed by atoms with Gasteiger partial charge in [-0.3, -0.25) is 4.79 Å². The monoisotopic (exact) mass is 388 g/mol. The third-order valence-corrected chi connectivity index (χ3v) is 4.70. The van der Waals surface area contributed by atoms with Crippen LogP contribution in [0.25, 0.3) is 0 Å². The third-order valence-electron chi connectivity index (χ3n) is 4.70. The molecule has 0 bridgehead atoms. The predicted molar refractivity (Wildman–Crippen MR) is 99.3 cm³/mol. The summed E-state index contributed by atoms with van der Waals surface area (Å²) in [5.74, 6) is 0.825. The van der Waals surface area contributed by atoms with Gasteiger partial charge < -0.3 is 23.6 Å². The fraction of sp³-hybridized carbons (Fsp3) is 0.450. The lowest BCUT2D eigenvalue weighted by molar-refractivity contribution is -0.147. The van der Waals surface area contributed by atoms with Gasteiger partial charge in [-0.05, 0) is 43.9 Å². The smallest absolute Gasteiger partial charge is 0.328 e. The van der Waals surface area contributed by atoms with E-state index in [9.17, 15) is 9.59 Å². The van der Waals surface area contributed by atoms with E-state index in [2.05, 4.69) is 5.16 Å². The van der Waals surface area contributed by atoms with Gasteiger partial charge in [0.05, 0.1) is 14.2 Å². The number of benzene rings is 1. The van der Waals surface area contributed by atoms with Crippen LogP contribution in [-0.2, 0) is 16.1 Å². The number of methoxy groups -OCH3 is 2. The van der Waals surface area contributed by atoms with Crippen molar-refractivity contribution in [3.63, 3.8) is 0 Å². The molecule has 28 heavy (non-hydrogen) atoms. The SMILES string of the molecule is COC(=O)C1CCCCN1C(=O)c1cc(COc2ccc(C)cc2OC)on1. The van der Waals surface area contributed by atoms with Crippen molar-refractivity contribution in [1.82, 2.24) is 10.1 Å². The third kappa shape index (κ3) is 4.27. The molecule has 8 heteroatoms. The number of carbonyl (C=O) groups excluding carboxylic acids is 2. The fourth-order valence-electron chi connectivity index (χ4n) is 3.23. The second kappa shape index (κ2) is 8.77. The average molecular weight is 388 g/mol. The van der Waals surface area contributed by atoms with Crippen molar-refractivity contribution in [2.45, 2.75) is 38.8 Å². The van der Waals surface area contributed by atoms with Gasteiger partial charge in [-0.25, -0.2) is 4.79 Å². The summed E-state index contributed by atoms with van der Waals surface area (Å²) in [7, 11) is 2.90. The standard InChI is InChI=1S/C20H24N2O6/c1-13-7-8-17(18(10-13)25-2)27-12-14-11-15(21-28-14)19(23)22-9-5-4-6-16(22)20(24)26-3/h7-8,10-11,16H,4-6,9,12H2,1-3H3. The maximum absolute atomic E-state index is 12.8. The molecule has 2 heterocycles. The van der Waals surface area contributed by atoms with E-state index in [0.717, 1.165) is 18.4 Å². The molecule has 8 nitrogen and oxygen atoms in total.